The van der Waals surface area contributed by atoms with Crippen molar-refractivity contribution in [3.8, 4) is 0 Å². The average molecular weight is 202 g/mol. The minimum atomic E-state index is 0. The van der Waals surface area contributed by atoms with E-state index in [1.165, 1.54) is 5.56 Å². The molecule has 0 radical (unpaired) electrons. The van der Waals surface area contributed by atoms with Crippen molar-refractivity contribution in [2.75, 3.05) is 19.7 Å². The molecule has 0 aromatic heterocycles. The van der Waals surface area contributed by atoms with Crippen LogP contribution in [0.1, 0.15) is 5.56 Å². The van der Waals surface area contributed by atoms with Crippen LogP contribution in [0.15, 0.2) is 30.3 Å². The summed E-state index contributed by atoms with van der Waals surface area (Å²) >= 11 is 0. The number of nitrogens with one attached hydrogen (secondary N) is 1. The van der Waals surface area contributed by atoms with Crippen molar-refractivity contribution in [2.45, 2.75) is 6.42 Å². The van der Waals surface area contributed by atoms with Crippen LogP contribution in [0, 0.1) is 0 Å². The van der Waals surface area contributed by atoms with Crippen LogP contribution in [0.4, 0.5) is 0 Å². The molecule has 13 heavy (non-hydrogen) atoms. The molecule has 0 fully saturated rings. The number of aliphatic hydroxyl groups is 1. The van der Waals surface area contributed by atoms with Crippen LogP contribution in [-0.4, -0.2) is 24.8 Å². The smallest absolute Gasteiger partial charge is 0.0555 e. The van der Waals surface area contributed by atoms with Gasteiger partial charge in [-0.2, -0.15) is 0 Å². The largest absolute Gasteiger partial charge is 0.395 e. The molecule has 1 rings (SSSR count). The highest BCUT2D eigenvalue weighted by Gasteiger charge is 1.89. The quantitative estimate of drug-likeness (QED) is 0.703. The van der Waals surface area contributed by atoms with E-state index in [0.717, 1.165) is 13.0 Å². The normalized spacial score (nSPS) is 9.31. The Kier molecular flexibility index (Phi) is 7.69. The molecule has 1 aromatic carbocycles. The first-order chi connectivity index (χ1) is 5.93. The van der Waals surface area contributed by atoms with Gasteiger partial charge in [0.25, 0.3) is 0 Å². The van der Waals surface area contributed by atoms with Crippen molar-refractivity contribution in [3.63, 3.8) is 0 Å². The van der Waals surface area contributed by atoms with Crippen LogP contribution in [0.5, 0.6) is 0 Å². The lowest BCUT2D eigenvalue weighted by Gasteiger charge is -2.01. The minimum absolute atomic E-state index is 0. The standard InChI is InChI=1S/C10H15NO.ClH/c12-9-8-11-7-6-10-4-2-1-3-5-10;/h1-5,11-12H,6-9H2;1H. The van der Waals surface area contributed by atoms with Crippen LogP contribution in [0.2, 0.25) is 0 Å². The Bertz CT molecular complexity index is 203. The van der Waals surface area contributed by atoms with Gasteiger partial charge in [0.15, 0.2) is 0 Å². The molecule has 3 heteroatoms. The summed E-state index contributed by atoms with van der Waals surface area (Å²) in [4.78, 5) is 0. The van der Waals surface area contributed by atoms with Gasteiger partial charge in [-0.3, -0.25) is 0 Å². The summed E-state index contributed by atoms with van der Waals surface area (Å²) in [6.45, 7) is 1.84. The Morgan fingerprint density at radius 2 is 1.77 bits per heavy atom. The second-order valence-electron chi connectivity index (χ2n) is 2.71. The SMILES string of the molecule is Cl.OCCNCCc1ccccc1. The van der Waals surface area contributed by atoms with E-state index in [0.29, 0.717) is 6.54 Å². The third-order valence-corrected chi connectivity index (χ3v) is 1.72. The lowest BCUT2D eigenvalue weighted by molar-refractivity contribution is 0.293. The Hall–Kier alpha value is -0.570. The van der Waals surface area contributed by atoms with Crippen LogP contribution in [-0.2, 0) is 6.42 Å². The number of rotatable bonds is 5. The Labute approximate surface area is 85.4 Å². The lowest BCUT2D eigenvalue weighted by atomic mass is 10.1. The fourth-order valence-electron chi connectivity index (χ4n) is 1.08. The zero-order chi connectivity index (χ0) is 8.65. The van der Waals surface area contributed by atoms with E-state index < -0.39 is 0 Å². The van der Waals surface area contributed by atoms with Gasteiger partial charge in [0.1, 0.15) is 0 Å². The molecule has 0 saturated carbocycles. The third kappa shape index (κ3) is 5.64. The van der Waals surface area contributed by atoms with E-state index in [2.05, 4.69) is 17.4 Å². The van der Waals surface area contributed by atoms with Gasteiger partial charge in [-0.15, -0.1) is 12.4 Å². The molecule has 2 N–H and O–H groups in total. The van der Waals surface area contributed by atoms with Gasteiger partial charge >= 0.3 is 0 Å². The van der Waals surface area contributed by atoms with Gasteiger partial charge in [-0.05, 0) is 18.5 Å². The molecule has 0 heterocycles. The fourth-order valence-corrected chi connectivity index (χ4v) is 1.08. The second-order valence-corrected chi connectivity index (χ2v) is 2.71. The molecule has 0 aliphatic heterocycles. The van der Waals surface area contributed by atoms with Crippen LogP contribution < -0.4 is 5.32 Å². The first kappa shape index (κ1) is 12.4. The second kappa shape index (κ2) is 8.05. The van der Waals surface area contributed by atoms with Crippen molar-refractivity contribution in [1.82, 2.24) is 5.32 Å². The van der Waals surface area contributed by atoms with E-state index in [-0.39, 0.29) is 19.0 Å². The summed E-state index contributed by atoms with van der Waals surface area (Å²) in [6.07, 6.45) is 1.03. The summed E-state index contributed by atoms with van der Waals surface area (Å²) in [5.74, 6) is 0. The van der Waals surface area contributed by atoms with Crippen molar-refractivity contribution >= 4 is 12.4 Å². The predicted molar refractivity (Wildman–Crippen MR) is 57.3 cm³/mol. The van der Waals surface area contributed by atoms with Crippen molar-refractivity contribution in [1.29, 1.82) is 0 Å². The van der Waals surface area contributed by atoms with Crippen LogP contribution >= 0.6 is 12.4 Å². The Balaban J connectivity index is 0.00000144. The zero-order valence-corrected chi connectivity index (χ0v) is 8.39. The molecular formula is C10H16ClNO. The molecule has 0 spiro atoms. The summed E-state index contributed by atoms with van der Waals surface area (Å²) in [7, 11) is 0. The number of benzene rings is 1. The van der Waals surface area contributed by atoms with E-state index in [1.54, 1.807) is 0 Å². The minimum Gasteiger partial charge on any atom is -0.395 e. The maximum absolute atomic E-state index is 8.50. The van der Waals surface area contributed by atoms with E-state index in [4.69, 9.17) is 5.11 Å². The maximum Gasteiger partial charge on any atom is 0.0555 e. The number of aliphatic hydroxyl groups excluding tert-OH is 1. The van der Waals surface area contributed by atoms with Gasteiger partial charge in [0.2, 0.25) is 0 Å². The molecule has 2 nitrogen and oxygen atoms in total. The van der Waals surface area contributed by atoms with E-state index >= 15 is 0 Å². The summed E-state index contributed by atoms with van der Waals surface area (Å²) < 4.78 is 0. The number of halogens is 1. The molecule has 0 bridgehead atoms. The molecule has 0 unspecified atom stereocenters. The maximum atomic E-state index is 8.50. The van der Waals surface area contributed by atoms with Crippen LogP contribution in [0.3, 0.4) is 0 Å². The molecule has 0 amide bonds. The molecule has 0 saturated heterocycles. The zero-order valence-electron chi connectivity index (χ0n) is 7.57. The highest BCUT2D eigenvalue weighted by atomic mass is 35.5. The topological polar surface area (TPSA) is 32.3 Å². The molecular weight excluding hydrogens is 186 g/mol. The molecule has 0 aliphatic rings. The van der Waals surface area contributed by atoms with Crippen molar-refractivity contribution in [3.05, 3.63) is 35.9 Å². The van der Waals surface area contributed by atoms with E-state index in [9.17, 15) is 0 Å². The number of hydrogen-bond acceptors (Lipinski definition) is 2. The predicted octanol–water partition coefficient (Wildman–Crippen LogP) is 1.23. The van der Waals surface area contributed by atoms with Gasteiger partial charge in [0.05, 0.1) is 6.61 Å². The van der Waals surface area contributed by atoms with Crippen molar-refractivity contribution in [2.24, 2.45) is 0 Å². The first-order valence-electron chi connectivity index (χ1n) is 4.29. The average Bonchev–Trinajstić information content (AvgIpc) is 2.14. The molecule has 74 valence electrons. The Morgan fingerprint density at radius 3 is 2.38 bits per heavy atom. The molecule has 1 aromatic rings. The molecule has 0 atom stereocenters. The summed E-state index contributed by atoms with van der Waals surface area (Å²) in [5, 5.41) is 11.6. The lowest BCUT2D eigenvalue weighted by Crippen LogP contribution is -2.20. The van der Waals surface area contributed by atoms with E-state index in [1.807, 2.05) is 18.2 Å². The highest BCUT2D eigenvalue weighted by Crippen LogP contribution is 1.97. The fraction of sp³-hybridized carbons (Fsp3) is 0.400. The van der Waals surface area contributed by atoms with Gasteiger partial charge in [-0.1, -0.05) is 30.3 Å². The van der Waals surface area contributed by atoms with Crippen molar-refractivity contribution < 1.29 is 5.11 Å². The van der Waals surface area contributed by atoms with Gasteiger partial charge < -0.3 is 10.4 Å². The first-order valence-corrected chi connectivity index (χ1v) is 4.29. The summed E-state index contributed by atoms with van der Waals surface area (Å²) in [5.41, 5.74) is 1.34. The number of hydrogen-bond donors (Lipinski definition) is 2. The monoisotopic (exact) mass is 201 g/mol. The van der Waals surface area contributed by atoms with Crippen LogP contribution in [0.25, 0.3) is 0 Å². The van der Waals surface area contributed by atoms with Gasteiger partial charge in [0, 0.05) is 6.54 Å². The molecule has 0 aliphatic carbocycles. The third-order valence-electron chi connectivity index (χ3n) is 1.72. The van der Waals surface area contributed by atoms with Gasteiger partial charge in [-0.25, -0.2) is 0 Å². The highest BCUT2D eigenvalue weighted by molar-refractivity contribution is 5.85. The summed E-state index contributed by atoms with van der Waals surface area (Å²) in [6, 6.07) is 10.3. The Morgan fingerprint density at radius 1 is 1.08 bits per heavy atom.